The van der Waals surface area contributed by atoms with Crippen LogP contribution in [0.2, 0.25) is 0 Å². The number of hydrogen-bond acceptors (Lipinski definition) is 5. The van der Waals surface area contributed by atoms with Crippen molar-refractivity contribution in [2.45, 2.75) is 52.4 Å². The van der Waals surface area contributed by atoms with Gasteiger partial charge in [-0.05, 0) is 89.7 Å². The molecule has 0 unspecified atom stereocenters. The van der Waals surface area contributed by atoms with E-state index >= 15 is 0 Å². The Morgan fingerprint density at radius 1 is 0.640 bits per heavy atom. The van der Waals surface area contributed by atoms with Crippen LogP contribution in [0.4, 0.5) is 22.7 Å². The van der Waals surface area contributed by atoms with Gasteiger partial charge in [-0.3, -0.25) is 0 Å². The molecular formula is C45H43N3O2. The maximum atomic E-state index is 11.3. The lowest BCUT2D eigenvalue weighted by atomic mass is 9.71. The Morgan fingerprint density at radius 3 is 2.22 bits per heavy atom. The van der Waals surface area contributed by atoms with E-state index in [1.54, 1.807) is 6.07 Å². The number of rotatable bonds is 5. The van der Waals surface area contributed by atoms with Gasteiger partial charge in [-0.15, -0.1) is 0 Å². The summed E-state index contributed by atoms with van der Waals surface area (Å²) in [5, 5.41) is 11.3. The molecule has 2 heterocycles. The fraction of sp³-hybridized carbons (Fsp3) is 0.200. The molecule has 50 heavy (non-hydrogen) atoms. The van der Waals surface area contributed by atoms with Gasteiger partial charge in [0.2, 0.25) is 0 Å². The normalized spacial score (nSPS) is 19.8. The maximum Gasteiger partial charge on any atom is 0.155 e. The highest BCUT2D eigenvalue weighted by Gasteiger charge is 2.40. The lowest BCUT2D eigenvalue weighted by Crippen LogP contribution is -2.35. The standard InChI is InChI=1S/C45H43N3O2/c1-44(2)33-17-8-5-11-21-37(33)47(38-22-12-6-9-18-34(38)44)31-27-29-32(30-28-31)50-46-43-41(25-16-26-42(43)49)48-39-23-13-7-10-19-35(39)45(3,4)36-20-14-15-24-40(36)48/h5-6,8-17,19-20,22-30,46,49H,7,18,21H2,1-4H3. The minimum absolute atomic E-state index is 0.0880. The van der Waals surface area contributed by atoms with E-state index in [-0.39, 0.29) is 16.6 Å². The van der Waals surface area contributed by atoms with E-state index < -0.39 is 0 Å². The zero-order valence-corrected chi connectivity index (χ0v) is 29.2. The third kappa shape index (κ3) is 5.16. The smallest absolute Gasteiger partial charge is 0.155 e. The van der Waals surface area contributed by atoms with Crippen molar-refractivity contribution >= 4 is 22.7 Å². The van der Waals surface area contributed by atoms with Gasteiger partial charge < -0.3 is 19.7 Å². The first-order chi connectivity index (χ1) is 24.3. The zero-order chi connectivity index (χ0) is 34.5. The molecule has 3 aromatic rings. The molecule has 0 aromatic heterocycles. The Hall–Kier alpha value is -5.68. The average molecular weight is 658 g/mol. The van der Waals surface area contributed by atoms with E-state index in [1.165, 1.54) is 33.7 Å². The second-order valence-electron chi connectivity index (χ2n) is 14.4. The Morgan fingerprint density at radius 2 is 1.38 bits per heavy atom. The van der Waals surface area contributed by atoms with Gasteiger partial charge in [0.25, 0.3) is 0 Å². The molecule has 3 aliphatic carbocycles. The van der Waals surface area contributed by atoms with Crippen molar-refractivity contribution in [1.29, 1.82) is 0 Å². The monoisotopic (exact) mass is 657 g/mol. The van der Waals surface area contributed by atoms with Crippen molar-refractivity contribution in [1.82, 2.24) is 0 Å². The second kappa shape index (κ2) is 12.3. The molecule has 0 atom stereocenters. The molecule has 0 amide bonds. The number of phenols is 1. The van der Waals surface area contributed by atoms with Gasteiger partial charge in [-0.25, -0.2) is 5.48 Å². The van der Waals surface area contributed by atoms with Crippen molar-refractivity contribution in [3.05, 3.63) is 179 Å². The van der Waals surface area contributed by atoms with Crippen LogP contribution in [0, 0.1) is 5.41 Å². The molecule has 2 aliphatic heterocycles. The third-order valence-electron chi connectivity index (χ3n) is 10.7. The van der Waals surface area contributed by atoms with Crippen molar-refractivity contribution in [2.24, 2.45) is 5.41 Å². The Balaban J connectivity index is 1.14. The molecule has 2 N–H and O–H groups in total. The van der Waals surface area contributed by atoms with Crippen LogP contribution in [0.15, 0.2) is 173 Å². The molecule has 0 fully saturated rings. The maximum absolute atomic E-state index is 11.3. The van der Waals surface area contributed by atoms with E-state index in [1.807, 2.05) is 24.3 Å². The number of allylic oxidation sites excluding steroid dienone is 15. The van der Waals surface area contributed by atoms with Gasteiger partial charge in [-0.2, -0.15) is 0 Å². The average Bonchev–Trinajstić information content (AvgIpc) is 3.63. The van der Waals surface area contributed by atoms with Crippen LogP contribution in [0.25, 0.3) is 0 Å². The summed E-state index contributed by atoms with van der Waals surface area (Å²) in [5.41, 5.74) is 15.1. The summed E-state index contributed by atoms with van der Waals surface area (Å²) in [6, 6.07) is 22.3. The largest absolute Gasteiger partial charge is 0.506 e. The molecule has 8 rings (SSSR count). The number of nitrogens with zero attached hydrogens (tertiary/aromatic N) is 2. The van der Waals surface area contributed by atoms with Crippen molar-refractivity contribution < 1.29 is 9.94 Å². The Bertz CT molecular complexity index is 2150. The number of phenolic OH excluding ortho intramolecular Hbond substituents is 1. The molecule has 0 bridgehead atoms. The first-order valence-electron chi connectivity index (χ1n) is 17.5. The molecule has 5 heteroatoms. The zero-order valence-electron chi connectivity index (χ0n) is 29.2. The summed E-state index contributed by atoms with van der Waals surface area (Å²) in [7, 11) is 0. The van der Waals surface area contributed by atoms with Gasteiger partial charge in [0.1, 0.15) is 11.4 Å². The van der Waals surface area contributed by atoms with Crippen molar-refractivity contribution in [3.63, 3.8) is 0 Å². The summed E-state index contributed by atoms with van der Waals surface area (Å²) in [4.78, 5) is 10.9. The van der Waals surface area contributed by atoms with Crippen LogP contribution < -0.4 is 20.1 Å². The predicted molar refractivity (Wildman–Crippen MR) is 206 cm³/mol. The fourth-order valence-corrected chi connectivity index (χ4v) is 8.07. The van der Waals surface area contributed by atoms with Gasteiger partial charge in [-0.1, -0.05) is 113 Å². The summed E-state index contributed by atoms with van der Waals surface area (Å²) in [6.07, 6.45) is 29.1. The predicted octanol–water partition coefficient (Wildman–Crippen LogP) is 11.4. The lowest BCUT2D eigenvalue weighted by molar-refractivity contribution is 0.396. The van der Waals surface area contributed by atoms with Gasteiger partial charge in [0.05, 0.1) is 11.4 Å². The van der Waals surface area contributed by atoms with E-state index in [0.29, 0.717) is 11.4 Å². The summed E-state index contributed by atoms with van der Waals surface area (Å²) in [6.45, 7) is 9.25. The molecule has 5 aliphatic rings. The topological polar surface area (TPSA) is 48.0 Å². The van der Waals surface area contributed by atoms with Crippen LogP contribution in [0.5, 0.6) is 11.5 Å². The first-order valence-corrected chi connectivity index (χ1v) is 17.5. The highest BCUT2D eigenvalue weighted by Crippen LogP contribution is 2.53. The number of hydrogen-bond donors (Lipinski definition) is 2. The molecular weight excluding hydrogens is 615 g/mol. The van der Waals surface area contributed by atoms with E-state index in [0.717, 1.165) is 42.0 Å². The Kier molecular flexibility index (Phi) is 7.79. The lowest BCUT2D eigenvalue weighted by Gasteiger charge is -2.43. The molecule has 3 aromatic carbocycles. The van der Waals surface area contributed by atoms with Crippen LogP contribution in [-0.4, -0.2) is 5.11 Å². The highest BCUT2D eigenvalue weighted by molar-refractivity contribution is 5.87. The summed E-state index contributed by atoms with van der Waals surface area (Å²) < 4.78 is 0. The number of benzene rings is 3. The van der Waals surface area contributed by atoms with E-state index in [4.69, 9.17) is 4.84 Å². The number of para-hydroxylation sites is 2. The van der Waals surface area contributed by atoms with Gasteiger partial charge >= 0.3 is 0 Å². The van der Waals surface area contributed by atoms with E-state index in [9.17, 15) is 5.11 Å². The molecule has 250 valence electrons. The fourth-order valence-electron chi connectivity index (χ4n) is 8.07. The van der Waals surface area contributed by atoms with Crippen LogP contribution in [0.3, 0.4) is 0 Å². The highest BCUT2D eigenvalue weighted by atomic mass is 16.6. The number of fused-ring (bicyclic) bond motifs is 1. The SMILES string of the molecule is CC1(C)C2=C(CC=CC=C2)N(c2ccc(ONc3c(O)cccc3N3C4=C(C=CCC=C4)C(C)(C)c4ccccc43)cc2)C2=C1CC=CC=C2. The molecule has 5 nitrogen and oxygen atoms in total. The van der Waals surface area contributed by atoms with E-state index in [2.05, 4.69) is 152 Å². The minimum atomic E-state index is -0.194. The molecule has 0 spiro atoms. The summed E-state index contributed by atoms with van der Waals surface area (Å²) >= 11 is 0. The summed E-state index contributed by atoms with van der Waals surface area (Å²) in [5.74, 6) is 0.745. The minimum Gasteiger partial charge on any atom is -0.506 e. The quantitative estimate of drug-likeness (QED) is 0.211. The third-order valence-corrected chi connectivity index (χ3v) is 10.7. The molecule has 0 radical (unpaired) electrons. The first kappa shape index (κ1) is 31.6. The Labute approximate surface area is 295 Å². The number of anilines is 4. The van der Waals surface area contributed by atoms with Crippen molar-refractivity contribution in [3.8, 4) is 11.5 Å². The number of nitrogens with one attached hydrogen (secondary N) is 1. The van der Waals surface area contributed by atoms with Gasteiger partial charge in [0.15, 0.2) is 5.75 Å². The number of aromatic hydroxyl groups is 1. The van der Waals surface area contributed by atoms with Crippen LogP contribution >= 0.6 is 0 Å². The second-order valence-corrected chi connectivity index (χ2v) is 14.4. The van der Waals surface area contributed by atoms with Crippen molar-refractivity contribution in [2.75, 3.05) is 15.3 Å². The molecule has 0 saturated carbocycles. The van der Waals surface area contributed by atoms with Crippen LogP contribution in [-0.2, 0) is 5.41 Å². The van der Waals surface area contributed by atoms with Gasteiger partial charge in [0, 0.05) is 40.0 Å². The van der Waals surface area contributed by atoms with Crippen LogP contribution in [0.1, 0.15) is 52.5 Å². The molecule has 0 saturated heterocycles.